The molecule has 0 aliphatic carbocycles. The molecule has 0 saturated heterocycles. The monoisotopic (exact) mass is 278 g/mol. The Labute approximate surface area is 124 Å². The molecule has 1 aromatic heterocycles. The number of nitrogens with zero attached hydrogens (tertiary/aromatic N) is 1. The van der Waals surface area contributed by atoms with Gasteiger partial charge in [0, 0.05) is 30.7 Å². The Balaban J connectivity index is 1.83. The van der Waals surface area contributed by atoms with E-state index >= 15 is 0 Å². The van der Waals surface area contributed by atoms with Crippen molar-refractivity contribution in [1.29, 1.82) is 0 Å². The second-order valence-corrected chi connectivity index (χ2v) is 5.28. The Kier molecular flexibility index (Phi) is 3.48. The molecular formula is C18H18N2O. The molecule has 0 radical (unpaired) electrons. The van der Waals surface area contributed by atoms with E-state index in [9.17, 15) is 4.79 Å². The van der Waals surface area contributed by atoms with Crippen molar-refractivity contribution in [2.75, 3.05) is 0 Å². The molecule has 106 valence electrons. The number of benzene rings is 2. The lowest BCUT2D eigenvalue weighted by Crippen LogP contribution is -2.23. The Morgan fingerprint density at radius 3 is 2.62 bits per heavy atom. The molecule has 0 atom stereocenters. The SMILES string of the molecule is Cc1ccccc1CNC(=O)c1cn(C)c2ccccc12. The summed E-state index contributed by atoms with van der Waals surface area (Å²) in [5.41, 5.74) is 4.13. The van der Waals surface area contributed by atoms with E-state index in [1.54, 1.807) is 0 Å². The van der Waals surface area contributed by atoms with Gasteiger partial charge in [-0.05, 0) is 24.1 Å². The number of nitrogens with one attached hydrogen (secondary N) is 1. The van der Waals surface area contributed by atoms with E-state index in [1.165, 1.54) is 5.56 Å². The first kappa shape index (κ1) is 13.4. The number of para-hydroxylation sites is 1. The summed E-state index contributed by atoms with van der Waals surface area (Å²) in [6.07, 6.45) is 1.89. The summed E-state index contributed by atoms with van der Waals surface area (Å²) in [5, 5.41) is 4.00. The van der Waals surface area contributed by atoms with E-state index in [4.69, 9.17) is 0 Å². The van der Waals surface area contributed by atoms with Gasteiger partial charge in [0.1, 0.15) is 0 Å². The first-order chi connectivity index (χ1) is 10.2. The van der Waals surface area contributed by atoms with E-state index in [1.807, 2.05) is 60.3 Å². The van der Waals surface area contributed by atoms with Crippen molar-refractivity contribution in [3.63, 3.8) is 0 Å². The van der Waals surface area contributed by atoms with Crippen molar-refractivity contribution in [2.24, 2.45) is 7.05 Å². The van der Waals surface area contributed by atoms with Gasteiger partial charge in [0.25, 0.3) is 5.91 Å². The molecule has 0 unspecified atom stereocenters. The molecule has 0 fully saturated rings. The molecule has 3 rings (SSSR count). The molecule has 1 N–H and O–H groups in total. The number of rotatable bonds is 3. The van der Waals surface area contributed by atoms with Gasteiger partial charge in [-0.15, -0.1) is 0 Å². The number of amides is 1. The van der Waals surface area contributed by atoms with Crippen LogP contribution in [0, 0.1) is 6.92 Å². The lowest BCUT2D eigenvalue weighted by atomic mass is 10.1. The van der Waals surface area contributed by atoms with Gasteiger partial charge in [0.2, 0.25) is 0 Å². The Bertz CT molecular complexity index is 802. The van der Waals surface area contributed by atoms with E-state index in [-0.39, 0.29) is 5.91 Å². The number of fused-ring (bicyclic) bond motifs is 1. The molecule has 3 nitrogen and oxygen atoms in total. The van der Waals surface area contributed by atoms with Crippen LogP contribution in [0.5, 0.6) is 0 Å². The fourth-order valence-electron chi connectivity index (χ4n) is 2.60. The molecule has 2 aromatic carbocycles. The summed E-state index contributed by atoms with van der Waals surface area (Å²) < 4.78 is 1.98. The van der Waals surface area contributed by atoms with Crippen LogP contribution >= 0.6 is 0 Å². The predicted octanol–water partition coefficient (Wildman–Crippen LogP) is 3.42. The second kappa shape index (κ2) is 5.44. The minimum absolute atomic E-state index is 0.0324. The normalized spacial score (nSPS) is 10.8. The third-order valence-corrected chi connectivity index (χ3v) is 3.84. The van der Waals surface area contributed by atoms with Crippen LogP contribution in [0.15, 0.2) is 54.7 Å². The maximum atomic E-state index is 12.4. The van der Waals surface area contributed by atoms with Crippen molar-refractivity contribution in [2.45, 2.75) is 13.5 Å². The van der Waals surface area contributed by atoms with Gasteiger partial charge in [-0.1, -0.05) is 42.5 Å². The Morgan fingerprint density at radius 1 is 1.10 bits per heavy atom. The number of carbonyl (C=O) groups excluding carboxylic acids is 1. The Hall–Kier alpha value is -2.55. The van der Waals surface area contributed by atoms with Gasteiger partial charge in [0.05, 0.1) is 5.56 Å². The number of hydrogen-bond donors (Lipinski definition) is 1. The summed E-state index contributed by atoms with van der Waals surface area (Å²) in [5.74, 6) is -0.0324. The van der Waals surface area contributed by atoms with Crippen LogP contribution in [-0.2, 0) is 13.6 Å². The topological polar surface area (TPSA) is 34.0 Å². The molecule has 0 bridgehead atoms. The zero-order valence-electron chi connectivity index (χ0n) is 12.3. The van der Waals surface area contributed by atoms with E-state index in [0.29, 0.717) is 6.54 Å². The fourth-order valence-corrected chi connectivity index (χ4v) is 2.60. The molecule has 21 heavy (non-hydrogen) atoms. The highest BCUT2D eigenvalue weighted by molar-refractivity contribution is 6.06. The summed E-state index contributed by atoms with van der Waals surface area (Å²) in [6, 6.07) is 16.0. The number of aryl methyl sites for hydroxylation is 2. The molecule has 0 aliphatic heterocycles. The smallest absolute Gasteiger partial charge is 0.253 e. The standard InChI is InChI=1S/C18H18N2O/c1-13-7-3-4-8-14(13)11-19-18(21)16-12-20(2)17-10-6-5-9-15(16)17/h3-10,12H,11H2,1-2H3,(H,19,21). The lowest BCUT2D eigenvalue weighted by Gasteiger charge is -2.07. The quantitative estimate of drug-likeness (QED) is 0.782. The summed E-state index contributed by atoms with van der Waals surface area (Å²) in [4.78, 5) is 12.4. The third kappa shape index (κ3) is 2.55. The molecule has 3 heteroatoms. The van der Waals surface area contributed by atoms with Crippen molar-refractivity contribution < 1.29 is 4.79 Å². The average molecular weight is 278 g/mol. The van der Waals surface area contributed by atoms with Crippen LogP contribution in [0.25, 0.3) is 10.9 Å². The number of aromatic nitrogens is 1. The molecule has 0 saturated carbocycles. The molecular weight excluding hydrogens is 260 g/mol. The van der Waals surface area contributed by atoms with Gasteiger partial charge >= 0.3 is 0 Å². The zero-order valence-corrected chi connectivity index (χ0v) is 12.3. The van der Waals surface area contributed by atoms with Crippen molar-refractivity contribution >= 4 is 16.8 Å². The van der Waals surface area contributed by atoms with Gasteiger partial charge in [0.15, 0.2) is 0 Å². The molecule has 0 spiro atoms. The van der Waals surface area contributed by atoms with Gasteiger partial charge < -0.3 is 9.88 Å². The molecule has 3 aromatic rings. The average Bonchev–Trinajstić information content (AvgIpc) is 2.84. The first-order valence-electron chi connectivity index (χ1n) is 7.03. The zero-order chi connectivity index (χ0) is 14.8. The van der Waals surface area contributed by atoms with Gasteiger partial charge in [-0.2, -0.15) is 0 Å². The highest BCUT2D eigenvalue weighted by Crippen LogP contribution is 2.20. The highest BCUT2D eigenvalue weighted by atomic mass is 16.1. The molecule has 1 amide bonds. The van der Waals surface area contributed by atoms with Crippen molar-refractivity contribution in [1.82, 2.24) is 9.88 Å². The number of carbonyl (C=O) groups is 1. The summed E-state index contributed by atoms with van der Waals surface area (Å²) in [7, 11) is 1.96. The van der Waals surface area contributed by atoms with E-state index < -0.39 is 0 Å². The minimum Gasteiger partial charge on any atom is -0.350 e. The minimum atomic E-state index is -0.0324. The van der Waals surface area contributed by atoms with Crippen LogP contribution in [-0.4, -0.2) is 10.5 Å². The van der Waals surface area contributed by atoms with Crippen molar-refractivity contribution in [3.05, 3.63) is 71.4 Å². The predicted molar refractivity (Wildman–Crippen MR) is 85.3 cm³/mol. The summed E-state index contributed by atoms with van der Waals surface area (Å²) >= 11 is 0. The van der Waals surface area contributed by atoms with Crippen LogP contribution in [0.1, 0.15) is 21.5 Å². The Morgan fingerprint density at radius 2 is 1.81 bits per heavy atom. The largest absolute Gasteiger partial charge is 0.350 e. The first-order valence-corrected chi connectivity index (χ1v) is 7.03. The van der Waals surface area contributed by atoms with Crippen molar-refractivity contribution in [3.8, 4) is 0 Å². The number of hydrogen-bond acceptors (Lipinski definition) is 1. The molecule has 1 heterocycles. The van der Waals surface area contributed by atoms with Crippen LogP contribution in [0.3, 0.4) is 0 Å². The lowest BCUT2D eigenvalue weighted by molar-refractivity contribution is 0.0952. The second-order valence-electron chi connectivity index (χ2n) is 5.28. The summed E-state index contributed by atoms with van der Waals surface area (Å²) in [6.45, 7) is 2.61. The van der Waals surface area contributed by atoms with Crippen LogP contribution in [0.4, 0.5) is 0 Å². The highest BCUT2D eigenvalue weighted by Gasteiger charge is 2.13. The maximum absolute atomic E-state index is 12.4. The van der Waals surface area contributed by atoms with Gasteiger partial charge in [-0.25, -0.2) is 0 Å². The van der Waals surface area contributed by atoms with Gasteiger partial charge in [-0.3, -0.25) is 4.79 Å². The van der Waals surface area contributed by atoms with E-state index in [0.717, 1.165) is 22.0 Å². The molecule has 0 aliphatic rings. The fraction of sp³-hybridized carbons (Fsp3) is 0.167. The van der Waals surface area contributed by atoms with E-state index in [2.05, 4.69) is 18.3 Å². The third-order valence-electron chi connectivity index (χ3n) is 3.84. The van der Waals surface area contributed by atoms with Crippen LogP contribution < -0.4 is 5.32 Å². The van der Waals surface area contributed by atoms with Crippen LogP contribution in [0.2, 0.25) is 0 Å². The maximum Gasteiger partial charge on any atom is 0.253 e.